The molecule has 0 aliphatic carbocycles. The summed E-state index contributed by atoms with van der Waals surface area (Å²) < 4.78 is 0. The van der Waals surface area contributed by atoms with Crippen molar-refractivity contribution in [2.24, 2.45) is 11.7 Å². The molecule has 1 aliphatic heterocycles. The maximum absolute atomic E-state index is 12.4. The van der Waals surface area contributed by atoms with E-state index in [4.69, 9.17) is 5.73 Å². The average molecular weight is 361 g/mol. The van der Waals surface area contributed by atoms with Crippen LogP contribution >= 0.6 is 0 Å². The Balaban J connectivity index is 1.86. The molecule has 0 aromatic heterocycles. The molecular formula is C19H29N4O3+. The van der Waals surface area contributed by atoms with Crippen LogP contribution in [0.2, 0.25) is 0 Å². The van der Waals surface area contributed by atoms with Crippen molar-refractivity contribution >= 4 is 23.4 Å². The Morgan fingerprint density at radius 2 is 1.92 bits per heavy atom. The van der Waals surface area contributed by atoms with Crippen molar-refractivity contribution in [3.63, 3.8) is 0 Å². The van der Waals surface area contributed by atoms with E-state index in [1.165, 1.54) is 4.90 Å². The molecular weight excluding hydrogens is 332 g/mol. The number of amides is 3. The SMILES string of the molecule is Cc1cccc(C)c1NC(=O)CN(C)C(=O)C[NH+]1CCC[C@H](C(N)=O)C1. The summed E-state index contributed by atoms with van der Waals surface area (Å²) in [7, 11) is 1.63. The lowest BCUT2D eigenvalue weighted by molar-refractivity contribution is -0.899. The Labute approximate surface area is 154 Å². The molecule has 7 heteroatoms. The normalized spacial score (nSPS) is 19.7. The van der Waals surface area contributed by atoms with E-state index >= 15 is 0 Å². The topological polar surface area (TPSA) is 96.9 Å². The van der Waals surface area contributed by atoms with E-state index < -0.39 is 0 Å². The summed E-state index contributed by atoms with van der Waals surface area (Å²) in [4.78, 5) is 38.5. The number of aryl methyl sites for hydroxylation is 2. The number of likely N-dealkylation sites (N-methyl/N-ethyl adjacent to an activating group) is 1. The number of benzene rings is 1. The predicted molar refractivity (Wildman–Crippen MR) is 99.7 cm³/mol. The number of carbonyl (C=O) groups excluding carboxylic acids is 3. The molecule has 142 valence electrons. The highest BCUT2D eigenvalue weighted by atomic mass is 16.2. The Hall–Kier alpha value is -2.41. The molecule has 1 aromatic carbocycles. The minimum Gasteiger partial charge on any atom is -0.369 e. The molecule has 4 N–H and O–H groups in total. The van der Waals surface area contributed by atoms with Gasteiger partial charge in [-0.25, -0.2) is 0 Å². The fraction of sp³-hybridized carbons (Fsp3) is 0.526. The number of hydrogen-bond acceptors (Lipinski definition) is 3. The van der Waals surface area contributed by atoms with Gasteiger partial charge in [-0.2, -0.15) is 0 Å². The van der Waals surface area contributed by atoms with Crippen LogP contribution in [0.25, 0.3) is 0 Å². The maximum atomic E-state index is 12.4. The van der Waals surface area contributed by atoms with Gasteiger partial charge in [0.05, 0.1) is 25.6 Å². The highest BCUT2D eigenvalue weighted by Crippen LogP contribution is 2.19. The van der Waals surface area contributed by atoms with Crippen LogP contribution in [0.4, 0.5) is 5.69 Å². The second-order valence-electron chi connectivity index (χ2n) is 7.19. The first kappa shape index (κ1) is 19.9. The van der Waals surface area contributed by atoms with Crippen LogP contribution in [-0.2, 0) is 14.4 Å². The van der Waals surface area contributed by atoms with Gasteiger partial charge in [-0.1, -0.05) is 18.2 Å². The van der Waals surface area contributed by atoms with Gasteiger partial charge in [-0.05, 0) is 37.8 Å². The number of quaternary nitrogens is 1. The molecule has 2 atom stereocenters. The number of piperidine rings is 1. The van der Waals surface area contributed by atoms with Crippen LogP contribution in [0.15, 0.2) is 18.2 Å². The van der Waals surface area contributed by atoms with E-state index in [0.717, 1.165) is 41.1 Å². The van der Waals surface area contributed by atoms with E-state index in [1.807, 2.05) is 32.0 Å². The summed E-state index contributed by atoms with van der Waals surface area (Å²) in [5.41, 5.74) is 8.16. The Bertz CT molecular complexity index is 669. The van der Waals surface area contributed by atoms with Crippen molar-refractivity contribution in [1.29, 1.82) is 0 Å². The lowest BCUT2D eigenvalue weighted by Gasteiger charge is -2.29. The van der Waals surface area contributed by atoms with Gasteiger partial charge in [-0.15, -0.1) is 0 Å². The van der Waals surface area contributed by atoms with Crippen molar-refractivity contribution in [1.82, 2.24) is 4.90 Å². The molecule has 2 rings (SSSR count). The van der Waals surface area contributed by atoms with E-state index in [2.05, 4.69) is 5.32 Å². The van der Waals surface area contributed by atoms with Gasteiger partial charge in [0, 0.05) is 12.7 Å². The van der Waals surface area contributed by atoms with Crippen LogP contribution in [0, 0.1) is 19.8 Å². The van der Waals surface area contributed by atoms with Gasteiger partial charge in [0.15, 0.2) is 6.54 Å². The summed E-state index contributed by atoms with van der Waals surface area (Å²) in [5.74, 6) is -0.788. The number of primary amides is 1. The van der Waals surface area contributed by atoms with Gasteiger partial charge < -0.3 is 20.9 Å². The standard InChI is InChI=1S/C19H28N4O3/c1-13-6-4-7-14(2)18(13)21-16(24)11-22(3)17(25)12-23-9-5-8-15(10-23)19(20)26/h4,6-7,15H,5,8-12H2,1-3H3,(H2,20,26)(H,21,24)/p+1/t15-/m0/s1. The second-order valence-corrected chi connectivity index (χ2v) is 7.19. The van der Waals surface area contributed by atoms with Gasteiger partial charge in [0.2, 0.25) is 11.8 Å². The monoisotopic (exact) mass is 361 g/mol. The van der Waals surface area contributed by atoms with Gasteiger partial charge >= 0.3 is 0 Å². The molecule has 26 heavy (non-hydrogen) atoms. The first-order valence-electron chi connectivity index (χ1n) is 9.01. The Morgan fingerprint density at radius 3 is 2.54 bits per heavy atom. The van der Waals surface area contributed by atoms with Crippen molar-refractivity contribution in [3.8, 4) is 0 Å². The van der Waals surface area contributed by atoms with Gasteiger partial charge in [0.1, 0.15) is 0 Å². The third-order valence-electron chi connectivity index (χ3n) is 4.97. The summed E-state index contributed by atoms with van der Waals surface area (Å²) in [5, 5.41) is 2.89. The lowest BCUT2D eigenvalue weighted by atomic mass is 9.97. The third-order valence-corrected chi connectivity index (χ3v) is 4.97. The minimum absolute atomic E-state index is 0.000858. The number of nitrogens with one attached hydrogen (secondary N) is 2. The van der Waals surface area contributed by atoms with Crippen LogP contribution in [0.1, 0.15) is 24.0 Å². The van der Waals surface area contributed by atoms with Crippen LogP contribution in [-0.4, -0.2) is 55.8 Å². The lowest BCUT2D eigenvalue weighted by Crippen LogP contribution is -3.14. The number of nitrogens with two attached hydrogens (primary N) is 1. The fourth-order valence-corrected chi connectivity index (χ4v) is 3.40. The number of para-hydroxylation sites is 1. The van der Waals surface area contributed by atoms with Crippen LogP contribution in [0.3, 0.4) is 0 Å². The predicted octanol–water partition coefficient (Wildman–Crippen LogP) is -0.519. The van der Waals surface area contributed by atoms with Crippen molar-refractivity contribution in [3.05, 3.63) is 29.3 Å². The molecule has 7 nitrogen and oxygen atoms in total. The Morgan fingerprint density at radius 1 is 1.27 bits per heavy atom. The zero-order valence-electron chi connectivity index (χ0n) is 15.8. The molecule has 3 amide bonds. The number of carbonyl (C=O) groups is 3. The minimum atomic E-state index is -0.295. The molecule has 1 fully saturated rings. The molecule has 0 saturated carbocycles. The molecule has 1 unspecified atom stereocenters. The molecule has 0 bridgehead atoms. The molecule has 0 radical (unpaired) electrons. The summed E-state index contributed by atoms with van der Waals surface area (Å²) in [6, 6.07) is 5.81. The van der Waals surface area contributed by atoms with E-state index in [9.17, 15) is 14.4 Å². The number of hydrogen-bond donors (Lipinski definition) is 3. The maximum Gasteiger partial charge on any atom is 0.277 e. The molecule has 1 aromatic rings. The summed E-state index contributed by atoms with van der Waals surface area (Å²) in [6.07, 6.45) is 1.67. The van der Waals surface area contributed by atoms with Gasteiger partial charge in [-0.3, -0.25) is 14.4 Å². The zero-order valence-corrected chi connectivity index (χ0v) is 15.8. The first-order chi connectivity index (χ1) is 12.3. The first-order valence-corrected chi connectivity index (χ1v) is 9.01. The number of anilines is 1. The molecule has 1 aliphatic rings. The van der Waals surface area contributed by atoms with Crippen molar-refractivity contribution < 1.29 is 19.3 Å². The zero-order chi connectivity index (χ0) is 19.3. The smallest absolute Gasteiger partial charge is 0.277 e. The molecule has 0 spiro atoms. The quantitative estimate of drug-likeness (QED) is 0.636. The summed E-state index contributed by atoms with van der Waals surface area (Å²) in [6.45, 7) is 5.58. The molecule has 1 saturated heterocycles. The highest BCUT2D eigenvalue weighted by Gasteiger charge is 2.29. The second kappa shape index (κ2) is 8.80. The van der Waals surface area contributed by atoms with E-state index in [0.29, 0.717) is 6.54 Å². The summed E-state index contributed by atoms with van der Waals surface area (Å²) >= 11 is 0. The van der Waals surface area contributed by atoms with Crippen molar-refractivity contribution in [2.45, 2.75) is 26.7 Å². The van der Waals surface area contributed by atoms with Crippen LogP contribution in [0.5, 0.6) is 0 Å². The highest BCUT2D eigenvalue weighted by molar-refractivity contribution is 5.95. The van der Waals surface area contributed by atoms with Crippen LogP contribution < -0.4 is 16.0 Å². The van der Waals surface area contributed by atoms with E-state index in [1.54, 1.807) is 7.05 Å². The van der Waals surface area contributed by atoms with Gasteiger partial charge in [0.25, 0.3) is 5.91 Å². The average Bonchev–Trinajstić information content (AvgIpc) is 2.58. The molecule has 1 heterocycles. The number of rotatable bonds is 6. The third kappa shape index (κ3) is 5.29. The number of nitrogens with zero attached hydrogens (tertiary/aromatic N) is 1. The van der Waals surface area contributed by atoms with E-state index in [-0.39, 0.29) is 36.7 Å². The fourth-order valence-electron chi connectivity index (χ4n) is 3.40. The Kier molecular flexibility index (Phi) is 6.74. The largest absolute Gasteiger partial charge is 0.369 e. The number of likely N-dealkylation sites (tertiary alicyclic amines) is 1. The van der Waals surface area contributed by atoms with Crippen molar-refractivity contribution in [2.75, 3.05) is 38.5 Å².